The quantitative estimate of drug-likeness (QED) is 0.0161. The second kappa shape index (κ2) is 55.6. The Morgan fingerprint density at radius 2 is 1.19 bits per heavy atom. The van der Waals surface area contributed by atoms with E-state index in [2.05, 4.69) is 32.7 Å². The summed E-state index contributed by atoms with van der Waals surface area (Å²) in [6.07, 6.45) is -1.29. The number of alkyl carbamates (subject to hydrolysis) is 1. The minimum atomic E-state index is -2.13. The molecule has 1 spiro atoms. The number of para-hydroxylation sites is 1. The molecule has 0 radical (unpaired) electrons. The minimum Gasteiger partial charge on any atom is -0.479 e. The van der Waals surface area contributed by atoms with Crippen molar-refractivity contribution >= 4 is 82.2 Å². The third-order valence-electron chi connectivity index (χ3n) is 27.1. The molecule has 7 amide bonds. The van der Waals surface area contributed by atoms with Gasteiger partial charge in [-0.15, -0.1) is 0 Å². The third kappa shape index (κ3) is 30.2. The zero-order valence-electron chi connectivity index (χ0n) is 82.0. The molecule has 7 aliphatic rings. The van der Waals surface area contributed by atoms with Crippen LogP contribution in [0, 0.1) is 24.1 Å². The van der Waals surface area contributed by atoms with Crippen molar-refractivity contribution in [2.75, 3.05) is 190 Å². The van der Waals surface area contributed by atoms with Gasteiger partial charge < -0.3 is 142 Å². The van der Waals surface area contributed by atoms with Gasteiger partial charge >= 0.3 is 18.0 Å². The van der Waals surface area contributed by atoms with Crippen LogP contribution in [0.15, 0.2) is 83.7 Å². The van der Waals surface area contributed by atoms with Gasteiger partial charge in [0.1, 0.15) is 49.1 Å². The van der Waals surface area contributed by atoms with Crippen molar-refractivity contribution in [3.63, 3.8) is 0 Å². The van der Waals surface area contributed by atoms with Crippen LogP contribution in [0.2, 0.25) is 0 Å². The Bertz CT molecular complexity index is 5420. The summed E-state index contributed by atoms with van der Waals surface area (Å²) in [7, 11) is 1.63. The number of nitrogens with one attached hydrogen (secondary N) is 5. The number of aliphatic hydroxyl groups is 4. The number of aliphatic hydroxyl groups excluding tert-OH is 3. The van der Waals surface area contributed by atoms with E-state index in [4.69, 9.17) is 80.8 Å². The SMILES string of the molecule is CC[C@@]1(O)C(=O)OCc2c1cc1n(c2=O)Cc2c-1nc1cc(F)c(C)c3c1c2[C@@H](NC(=O)OCc1ccc(O[C@@H]2O[C@H](C(=O)O)[C@@H](O)[C@H](O)[C@H]2O)c(CNC(=O)CCNC(=O)[C@H](CNC(=O)CCOCCOCCOCCOCCOCCOCCOCCOCCOCCOCCOCCOC)NC(=O)C2CCC4(CC2)CCN(C(=O)CCCCC(=O)N2Cc5ccccc5/C=C\c5ccccc52)CC4)c1)CC3. The molecule has 6 aromatic rings. The number of likely N-dealkylation sites (tertiary alicyclic amines) is 1. The summed E-state index contributed by atoms with van der Waals surface area (Å²) < 4.78 is 106. The van der Waals surface area contributed by atoms with E-state index in [1.165, 1.54) is 34.9 Å². The summed E-state index contributed by atoms with van der Waals surface area (Å²) in [5.74, 6) is -5.98. The molecular weight excluding hydrogens is 1880 g/mol. The first-order valence-electron chi connectivity index (χ1n) is 49.7. The Labute approximate surface area is 834 Å². The predicted octanol–water partition coefficient (Wildman–Crippen LogP) is 5.73. The molecule has 7 heterocycles. The van der Waals surface area contributed by atoms with Crippen molar-refractivity contribution in [2.24, 2.45) is 11.3 Å². The van der Waals surface area contributed by atoms with Crippen LogP contribution in [-0.4, -0.2) is 315 Å². The van der Waals surface area contributed by atoms with Gasteiger partial charge in [0.05, 0.1) is 199 Å². The minimum absolute atomic E-state index is 0.00404. The topological polar surface area (TPSA) is 504 Å². The second-order valence-corrected chi connectivity index (χ2v) is 36.5. The van der Waals surface area contributed by atoms with Crippen LogP contribution in [0.4, 0.5) is 14.9 Å². The van der Waals surface area contributed by atoms with E-state index >= 15 is 4.39 Å². The van der Waals surface area contributed by atoms with Gasteiger partial charge in [-0.2, -0.15) is 0 Å². The van der Waals surface area contributed by atoms with Crippen LogP contribution in [-0.2, 0) is 154 Å². The van der Waals surface area contributed by atoms with Crippen LogP contribution in [0.3, 0.4) is 0 Å². The summed E-state index contributed by atoms with van der Waals surface area (Å²) >= 11 is 0. The first kappa shape index (κ1) is 110. The smallest absolute Gasteiger partial charge is 0.407 e. The van der Waals surface area contributed by atoms with Crippen molar-refractivity contribution < 1.29 is 149 Å². The number of carbonyl (C=O) groups is 9. The molecule has 1 saturated carbocycles. The van der Waals surface area contributed by atoms with E-state index in [1.54, 1.807) is 21.0 Å². The molecule has 8 atom stereocenters. The number of nitrogens with zero attached hydrogens (tertiary/aromatic N) is 4. The molecule has 41 heteroatoms. The molecule has 10 N–H and O–H groups in total. The van der Waals surface area contributed by atoms with Crippen LogP contribution in [0.25, 0.3) is 34.4 Å². The van der Waals surface area contributed by atoms with Crippen molar-refractivity contribution in [2.45, 2.75) is 191 Å². The number of ether oxygens (including phenoxy) is 16. The van der Waals surface area contributed by atoms with Gasteiger partial charge in [-0.1, -0.05) is 67.6 Å². The number of carboxylic acids is 1. The van der Waals surface area contributed by atoms with Crippen molar-refractivity contribution in [1.29, 1.82) is 0 Å². The largest absolute Gasteiger partial charge is 0.479 e. The van der Waals surface area contributed by atoms with Crippen LogP contribution < -0.4 is 41.8 Å². The summed E-state index contributed by atoms with van der Waals surface area (Å²) in [5, 5.41) is 68.4. The Hall–Kier alpha value is -10.9. The molecular formula is C103H136FN9O31. The number of cyclic esters (lactones) is 1. The standard InChI is InChI=1S/C103H136FN9O31/c1-4-103(128)76-58-82-90-74(63-113(82)97(123)75(76)65-141-100(103)126)89-78(21-20-73-66(2)77(104)59-79(108-90)88(73)89)110-101(127)142-64-67-17-22-83(143-99-93(120)91(118)92(119)94(144-99)98(124)125)72(57-67)60-106-84(114)25-31-105-96(122)80(61-107-85(115)26-34-130-37-38-132-41-42-134-45-46-136-49-50-138-53-54-140-56-55-139-52-51-137-48-47-135-44-43-133-40-39-131-36-35-129-3)109-95(121)70-23-27-102(28-24-70)29-32-111(33-30-102)86(116)15-9-10-16-87(117)112-62-71-13-6-5-11-68(71)18-19-69-12-7-8-14-81(69)112/h5-8,11-14,17-19,22,57-59,70,78,80,91-94,99,118-120,128H,4,9-10,15-16,20-21,23-56,60-65H2,1-3H3,(H,105,122)(H,106,114)(H,107,115)(H,109,121)(H,110,127)(H,124,125)/b19-18-/t78-,80-,91-,92-,93+,94-,99+,103-/m0/s1. The van der Waals surface area contributed by atoms with Gasteiger partial charge in [0.2, 0.25) is 41.7 Å². The molecule has 0 bridgehead atoms. The number of hydrogen-bond donors (Lipinski definition) is 10. The first-order valence-corrected chi connectivity index (χ1v) is 49.7. The number of carboxylic acid groups (broad SMARTS) is 1. The number of fused-ring (bicyclic) bond motifs is 7. The Kier molecular flexibility index (Phi) is 42.5. The highest BCUT2D eigenvalue weighted by Crippen LogP contribution is 2.49. The molecule has 144 heavy (non-hydrogen) atoms. The summed E-state index contributed by atoms with van der Waals surface area (Å²) in [4.78, 5) is 146. The number of anilines is 1. The fraction of sp³-hybridized carbons (Fsp3) is 0.583. The number of unbranched alkanes of at least 4 members (excludes halogenated alkanes) is 1. The molecule has 4 aromatic carbocycles. The number of pyridine rings is 2. The molecule has 13 rings (SSSR count). The number of halogens is 1. The summed E-state index contributed by atoms with van der Waals surface area (Å²) in [6.45, 7) is 11.9. The maximum Gasteiger partial charge on any atom is 0.407 e. The average molecular weight is 2020 g/mol. The maximum atomic E-state index is 15.8. The van der Waals surface area contributed by atoms with Crippen molar-refractivity contribution in [3.8, 4) is 17.1 Å². The molecule has 40 nitrogen and oxygen atoms in total. The fourth-order valence-electron chi connectivity index (χ4n) is 18.8. The normalized spacial score (nSPS) is 19.7. The average Bonchev–Trinajstić information content (AvgIpc) is 1.43. The number of esters is 1. The second-order valence-electron chi connectivity index (χ2n) is 36.5. The van der Waals surface area contributed by atoms with Gasteiger partial charge in [0.15, 0.2) is 11.7 Å². The molecule has 2 aromatic heterocycles. The summed E-state index contributed by atoms with van der Waals surface area (Å²) in [5.41, 5.74) is 4.65. The monoisotopic (exact) mass is 2010 g/mol. The molecule has 3 fully saturated rings. The van der Waals surface area contributed by atoms with E-state index in [1.807, 2.05) is 64.4 Å². The Balaban J connectivity index is 0.561. The Morgan fingerprint density at radius 1 is 0.611 bits per heavy atom. The van der Waals surface area contributed by atoms with E-state index in [0.717, 1.165) is 35.2 Å². The van der Waals surface area contributed by atoms with E-state index < -0.39 is 114 Å². The highest BCUT2D eigenvalue weighted by atomic mass is 19.1. The highest BCUT2D eigenvalue weighted by Gasteiger charge is 2.50. The van der Waals surface area contributed by atoms with E-state index in [9.17, 15) is 73.5 Å². The Morgan fingerprint density at radius 3 is 1.80 bits per heavy atom. The number of amides is 7. The van der Waals surface area contributed by atoms with Crippen LogP contribution in [0.5, 0.6) is 5.75 Å². The molecule has 2 saturated heterocycles. The number of aliphatic carboxylic acids is 1. The highest BCUT2D eigenvalue weighted by molar-refractivity contribution is 5.98. The van der Waals surface area contributed by atoms with E-state index in [-0.39, 0.29) is 148 Å². The fourth-order valence-corrected chi connectivity index (χ4v) is 18.8. The lowest BCUT2D eigenvalue weighted by atomic mass is 9.65. The zero-order valence-corrected chi connectivity index (χ0v) is 82.0. The molecule has 5 aliphatic heterocycles. The van der Waals surface area contributed by atoms with Gasteiger partial charge in [0.25, 0.3) is 5.56 Å². The van der Waals surface area contributed by atoms with Crippen LogP contribution >= 0.6 is 0 Å². The number of piperidine rings is 1. The number of carbonyl (C=O) groups excluding carboxylic acids is 8. The van der Waals surface area contributed by atoms with Gasteiger partial charge in [-0.05, 0) is 146 Å². The predicted molar refractivity (Wildman–Crippen MR) is 517 cm³/mol. The van der Waals surface area contributed by atoms with Gasteiger partial charge in [-0.3, -0.25) is 33.6 Å². The maximum absolute atomic E-state index is 15.8. The number of hydrogen-bond acceptors (Lipinski definition) is 31. The van der Waals surface area contributed by atoms with Crippen molar-refractivity contribution in [3.05, 3.63) is 156 Å². The van der Waals surface area contributed by atoms with Crippen molar-refractivity contribution in [1.82, 2.24) is 41.0 Å². The van der Waals surface area contributed by atoms with E-state index in [0.29, 0.717) is 230 Å². The lowest BCUT2D eigenvalue weighted by molar-refractivity contribution is -0.271. The number of methoxy groups -OCH3 is 1. The number of aryl methyl sites for hydroxylation is 1. The molecule has 2 aliphatic carbocycles. The molecule has 0 unspecified atom stereocenters. The lowest BCUT2D eigenvalue weighted by Gasteiger charge is -2.45. The lowest BCUT2D eigenvalue weighted by Crippen LogP contribution is -2.61. The number of benzene rings is 4. The van der Waals surface area contributed by atoms with Gasteiger partial charge in [-0.25, -0.2) is 23.8 Å². The zero-order chi connectivity index (χ0) is 102. The summed E-state index contributed by atoms with van der Waals surface area (Å²) in [6, 6.07) is 20.8. The van der Waals surface area contributed by atoms with Crippen LogP contribution in [0.1, 0.15) is 164 Å². The third-order valence-corrected chi connectivity index (χ3v) is 27.1. The number of aromatic nitrogens is 2. The number of rotatable bonds is 58. The molecule has 786 valence electrons. The van der Waals surface area contributed by atoms with Gasteiger partial charge in [0, 0.05) is 99.6 Å². The first-order chi connectivity index (χ1) is 69.9.